The molecule has 1 saturated heterocycles. The molecule has 166 valence electrons. The highest BCUT2D eigenvalue weighted by Crippen LogP contribution is 2.37. The number of hydrogen-bond acceptors (Lipinski definition) is 3. The van der Waals surface area contributed by atoms with E-state index >= 15 is 0 Å². The monoisotopic (exact) mass is 488 g/mol. The Labute approximate surface area is 203 Å². The second-order valence-corrected chi connectivity index (χ2v) is 9.00. The molecule has 3 aromatic carbocycles. The molecule has 0 aromatic heterocycles. The predicted octanol–water partition coefficient (Wildman–Crippen LogP) is 6.29. The molecule has 3 aromatic rings. The maximum Gasteiger partial charge on any atom is 0.227 e. The van der Waals surface area contributed by atoms with E-state index < -0.39 is 0 Å². The molecule has 0 N–H and O–H groups in total. The maximum absolute atomic E-state index is 13.1. The summed E-state index contributed by atoms with van der Waals surface area (Å²) in [6.45, 7) is 1.82. The smallest absolute Gasteiger partial charge is 0.227 e. The van der Waals surface area contributed by atoms with Crippen molar-refractivity contribution < 1.29 is 9.53 Å². The third-order valence-electron chi connectivity index (χ3n) is 5.72. The summed E-state index contributed by atoms with van der Waals surface area (Å²) in [4.78, 5) is 17.3. The molecule has 4 nitrogen and oxygen atoms in total. The summed E-state index contributed by atoms with van der Waals surface area (Å²) in [6.07, 6.45) is 0.346. The van der Waals surface area contributed by atoms with E-state index in [9.17, 15) is 4.79 Å². The van der Waals surface area contributed by atoms with E-state index in [0.29, 0.717) is 41.1 Å². The average Bonchev–Trinajstić information content (AvgIpc) is 2.80. The number of nitrogens with zero attached hydrogens (tertiary/aromatic N) is 2. The van der Waals surface area contributed by atoms with Crippen LogP contribution in [0.1, 0.15) is 17.2 Å². The van der Waals surface area contributed by atoms with E-state index in [0.717, 1.165) is 22.6 Å². The number of carbonyl (C=O) groups excluding carboxylic acids is 1. The normalized spacial score (nSPS) is 16.2. The first-order chi connectivity index (χ1) is 15.4. The summed E-state index contributed by atoms with van der Waals surface area (Å²) < 4.78 is 5.20. The van der Waals surface area contributed by atoms with Crippen LogP contribution in [0.2, 0.25) is 15.1 Å². The van der Waals surface area contributed by atoms with E-state index in [1.165, 1.54) is 0 Å². The number of carbonyl (C=O) groups is 1. The molecule has 1 heterocycles. The first-order valence-corrected chi connectivity index (χ1v) is 11.5. The standard InChI is InChI=1S/C25H23Cl3N2O2/c1-32-21-9-2-17(3-10-21)14-25(31)29-12-13-30(23-11-8-20(27)15-22(23)28)24(16-29)18-4-6-19(26)7-5-18/h2-11,15,24H,12-14,16H2,1H3. The Bertz CT molecular complexity index is 1090. The van der Waals surface area contributed by atoms with Gasteiger partial charge in [-0.1, -0.05) is 59.1 Å². The number of ether oxygens (including phenoxy) is 1. The van der Waals surface area contributed by atoms with Crippen LogP contribution in [0, 0.1) is 0 Å². The van der Waals surface area contributed by atoms with Gasteiger partial charge >= 0.3 is 0 Å². The van der Waals surface area contributed by atoms with Crippen LogP contribution in [0.25, 0.3) is 0 Å². The SMILES string of the molecule is COc1ccc(CC(=O)N2CCN(c3ccc(Cl)cc3Cl)C(c3ccc(Cl)cc3)C2)cc1. The largest absolute Gasteiger partial charge is 0.497 e. The zero-order chi connectivity index (χ0) is 22.7. The molecule has 7 heteroatoms. The summed E-state index contributed by atoms with van der Waals surface area (Å²) >= 11 is 18.8. The van der Waals surface area contributed by atoms with Crippen LogP contribution >= 0.6 is 34.8 Å². The van der Waals surface area contributed by atoms with Gasteiger partial charge in [-0.15, -0.1) is 0 Å². The van der Waals surface area contributed by atoms with Gasteiger partial charge in [-0.2, -0.15) is 0 Å². The second kappa shape index (κ2) is 10.0. The van der Waals surface area contributed by atoms with Crippen molar-refractivity contribution in [1.29, 1.82) is 0 Å². The highest BCUT2D eigenvalue weighted by molar-refractivity contribution is 6.36. The number of benzene rings is 3. The summed E-state index contributed by atoms with van der Waals surface area (Å²) in [6, 6.07) is 20.8. The summed E-state index contributed by atoms with van der Waals surface area (Å²) in [5, 5.41) is 1.86. The van der Waals surface area contributed by atoms with Gasteiger partial charge in [-0.05, 0) is 53.6 Å². The first kappa shape index (κ1) is 22.8. The van der Waals surface area contributed by atoms with Crippen LogP contribution in [-0.4, -0.2) is 37.6 Å². The van der Waals surface area contributed by atoms with Gasteiger partial charge in [0.1, 0.15) is 5.75 Å². The fourth-order valence-electron chi connectivity index (χ4n) is 4.01. The summed E-state index contributed by atoms with van der Waals surface area (Å²) in [5.41, 5.74) is 2.93. The molecule has 1 amide bonds. The fourth-order valence-corrected chi connectivity index (χ4v) is 4.66. The van der Waals surface area contributed by atoms with Gasteiger partial charge < -0.3 is 14.5 Å². The quantitative estimate of drug-likeness (QED) is 0.422. The number of halogens is 3. The summed E-state index contributed by atoms with van der Waals surface area (Å²) in [7, 11) is 1.63. The minimum Gasteiger partial charge on any atom is -0.497 e. The van der Waals surface area contributed by atoms with Crippen LogP contribution < -0.4 is 9.64 Å². The average molecular weight is 490 g/mol. The number of hydrogen-bond donors (Lipinski definition) is 0. The van der Waals surface area contributed by atoms with Crippen molar-refractivity contribution in [2.75, 3.05) is 31.6 Å². The van der Waals surface area contributed by atoms with Crippen molar-refractivity contribution in [2.45, 2.75) is 12.5 Å². The molecule has 0 saturated carbocycles. The molecule has 4 rings (SSSR count). The topological polar surface area (TPSA) is 32.8 Å². The lowest BCUT2D eigenvalue weighted by molar-refractivity contribution is -0.131. The van der Waals surface area contributed by atoms with Gasteiger partial charge in [0.25, 0.3) is 0 Å². The Morgan fingerprint density at radius 2 is 1.62 bits per heavy atom. The Hall–Kier alpha value is -2.40. The summed E-state index contributed by atoms with van der Waals surface area (Å²) in [5.74, 6) is 0.869. The third-order valence-corrected chi connectivity index (χ3v) is 6.51. The molecule has 1 unspecified atom stereocenters. The number of rotatable bonds is 5. The van der Waals surface area contributed by atoms with Crippen molar-refractivity contribution in [3.63, 3.8) is 0 Å². The van der Waals surface area contributed by atoms with Gasteiger partial charge in [-0.25, -0.2) is 0 Å². The molecule has 0 aliphatic carbocycles. The lowest BCUT2D eigenvalue weighted by Gasteiger charge is -2.43. The number of anilines is 1. The molecule has 32 heavy (non-hydrogen) atoms. The van der Waals surface area contributed by atoms with Crippen LogP contribution in [0.3, 0.4) is 0 Å². The Kier molecular flexibility index (Phi) is 7.14. The molecule has 1 aliphatic heterocycles. The van der Waals surface area contributed by atoms with Gasteiger partial charge in [0, 0.05) is 29.7 Å². The third kappa shape index (κ3) is 5.15. The second-order valence-electron chi connectivity index (χ2n) is 7.72. The van der Waals surface area contributed by atoms with Crippen molar-refractivity contribution >= 4 is 46.4 Å². The molecule has 0 radical (unpaired) electrons. The van der Waals surface area contributed by atoms with Crippen molar-refractivity contribution in [1.82, 2.24) is 4.90 Å². The minimum absolute atomic E-state index is 0.0560. The molecular weight excluding hydrogens is 467 g/mol. The van der Waals surface area contributed by atoms with Gasteiger partial charge in [0.05, 0.1) is 30.3 Å². The van der Waals surface area contributed by atoms with Crippen LogP contribution in [0.5, 0.6) is 5.75 Å². The minimum atomic E-state index is -0.0560. The molecular formula is C25H23Cl3N2O2. The van der Waals surface area contributed by atoms with Crippen LogP contribution in [0.15, 0.2) is 66.7 Å². The highest BCUT2D eigenvalue weighted by Gasteiger charge is 2.31. The Balaban J connectivity index is 1.57. The van der Waals surface area contributed by atoms with E-state index in [-0.39, 0.29) is 11.9 Å². The highest BCUT2D eigenvalue weighted by atomic mass is 35.5. The lowest BCUT2D eigenvalue weighted by atomic mass is 10.0. The molecule has 0 bridgehead atoms. The van der Waals surface area contributed by atoms with E-state index in [2.05, 4.69) is 4.90 Å². The first-order valence-electron chi connectivity index (χ1n) is 10.3. The molecule has 1 fully saturated rings. The zero-order valence-electron chi connectivity index (χ0n) is 17.6. The van der Waals surface area contributed by atoms with Crippen molar-refractivity contribution in [3.05, 3.63) is 92.9 Å². The predicted molar refractivity (Wildman–Crippen MR) is 131 cm³/mol. The molecule has 0 spiro atoms. The van der Waals surface area contributed by atoms with E-state index in [1.54, 1.807) is 13.2 Å². The molecule has 1 atom stereocenters. The number of piperazine rings is 1. The van der Waals surface area contributed by atoms with E-state index in [1.807, 2.05) is 65.6 Å². The van der Waals surface area contributed by atoms with Crippen molar-refractivity contribution in [2.24, 2.45) is 0 Å². The van der Waals surface area contributed by atoms with Gasteiger partial charge in [-0.3, -0.25) is 4.79 Å². The molecule has 1 aliphatic rings. The fraction of sp³-hybridized carbons (Fsp3) is 0.240. The Morgan fingerprint density at radius 1 is 0.938 bits per heavy atom. The Morgan fingerprint density at radius 3 is 2.28 bits per heavy atom. The number of methoxy groups -OCH3 is 1. The van der Waals surface area contributed by atoms with Gasteiger partial charge in [0.15, 0.2) is 0 Å². The van der Waals surface area contributed by atoms with Crippen LogP contribution in [-0.2, 0) is 11.2 Å². The van der Waals surface area contributed by atoms with Crippen LogP contribution in [0.4, 0.5) is 5.69 Å². The zero-order valence-corrected chi connectivity index (χ0v) is 19.9. The number of amides is 1. The lowest BCUT2D eigenvalue weighted by Crippen LogP contribution is -2.51. The van der Waals surface area contributed by atoms with Gasteiger partial charge in [0.2, 0.25) is 5.91 Å². The van der Waals surface area contributed by atoms with Crippen molar-refractivity contribution in [3.8, 4) is 5.75 Å². The maximum atomic E-state index is 13.1. The van der Waals surface area contributed by atoms with E-state index in [4.69, 9.17) is 39.5 Å².